The van der Waals surface area contributed by atoms with E-state index in [2.05, 4.69) is 18.7 Å². The summed E-state index contributed by atoms with van der Waals surface area (Å²) < 4.78 is 12.5. The third-order valence-electron chi connectivity index (χ3n) is 7.03. The highest BCUT2D eigenvalue weighted by molar-refractivity contribution is 5.95. The maximum absolute atomic E-state index is 10.1. The van der Waals surface area contributed by atoms with Crippen LogP contribution in [0.15, 0.2) is 60.8 Å². The van der Waals surface area contributed by atoms with Crippen molar-refractivity contribution in [1.29, 1.82) is 0 Å². The molecule has 5 rings (SSSR count). The average Bonchev–Trinajstić information content (AvgIpc) is 3.29. The molecule has 182 valence electrons. The molecule has 6 heteroatoms. The Bertz CT molecular complexity index is 1240. The molecule has 2 aromatic carbocycles. The van der Waals surface area contributed by atoms with E-state index in [0.29, 0.717) is 18.4 Å². The Hall–Kier alpha value is -3.51. The molecule has 1 aromatic heterocycles. The molecule has 35 heavy (non-hydrogen) atoms. The van der Waals surface area contributed by atoms with Crippen LogP contribution in [0.25, 0.3) is 11.1 Å². The lowest BCUT2D eigenvalue weighted by Crippen LogP contribution is -2.35. The largest absolute Gasteiger partial charge is 0.508 e. The van der Waals surface area contributed by atoms with Gasteiger partial charge >= 0.3 is 0 Å². The zero-order valence-electron chi connectivity index (χ0n) is 20.4. The van der Waals surface area contributed by atoms with Gasteiger partial charge in [0.05, 0.1) is 11.9 Å². The van der Waals surface area contributed by atoms with Gasteiger partial charge in [0.25, 0.3) is 0 Å². The Kier molecular flexibility index (Phi) is 6.39. The maximum Gasteiger partial charge on any atom is 0.166 e. The van der Waals surface area contributed by atoms with E-state index < -0.39 is 6.10 Å². The second-order valence-corrected chi connectivity index (χ2v) is 9.73. The SMILES string of the molecule is CC1=C(c2cccc(O)c2)C(c2ccc(OC[C@H](C)N3CC[C@@H](C)C3)cn2)Oc2ccc(O)cc21. The Balaban J connectivity index is 1.41. The predicted octanol–water partition coefficient (Wildman–Crippen LogP) is 5.67. The third-order valence-corrected chi connectivity index (χ3v) is 7.03. The minimum absolute atomic E-state index is 0.178. The van der Waals surface area contributed by atoms with Crippen LogP contribution in [0.4, 0.5) is 0 Å². The molecular formula is C29H32N2O4. The third kappa shape index (κ3) is 4.84. The summed E-state index contributed by atoms with van der Waals surface area (Å²) in [6.07, 6.45) is 2.53. The Morgan fingerprint density at radius 1 is 1.11 bits per heavy atom. The number of benzene rings is 2. The Morgan fingerprint density at radius 3 is 2.66 bits per heavy atom. The van der Waals surface area contributed by atoms with E-state index in [9.17, 15) is 10.2 Å². The number of hydrogen-bond donors (Lipinski definition) is 2. The molecule has 2 N–H and O–H groups in total. The van der Waals surface area contributed by atoms with E-state index in [1.54, 1.807) is 36.5 Å². The lowest BCUT2D eigenvalue weighted by Gasteiger charge is -2.30. The fourth-order valence-corrected chi connectivity index (χ4v) is 5.01. The summed E-state index contributed by atoms with van der Waals surface area (Å²) in [6, 6.07) is 16.5. The smallest absolute Gasteiger partial charge is 0.166 e. The van der Waals surface area contributed by atoms with Crippen LogP contribution in [0, 0.1) is 5.92 Å². The van der Waals surface area contributed by atoms with Crippen molar-refractivity contribution >= 4 is 11.1 Å². The highest BCUT2D eigenvalue weighted by atomic mass is 16.5. The van der Waals surface area contributed by atoms with Crippen LogP contribution in [-0.2, 0) is 0 Å². The van der Waals surface area contributed by atoms with E-state index in [1.165, 1.54) is 6.42 Å². The van der Waals surface area contributed by atoms with E-state index in [-0.39, 0.29) is 11.5 Å². The van der Waals surface area contributed by atoms with Crippen LogP contribution in [0.1, 0.15) is 50.1 Å². The quantitative estimate of drug-likeness (QED) is 0.482. The highest BCUT2D eigenvalue weighted by Crippen LogP contribution is 2.47. The molecule has 0 saturated carbocycles. The van der Waals surface area contributed by atoms with Gasteiger partial charge in [0.15, 0.2) is 6.10 Å². The van der Waals surface area contributed by atoms with Gasteiger partial charge in [0.1, 0.15) is 29.6 Å². The molecule has 1 saturated heterocycles. The van der Waals surface area contributed by atoms with E-state index >= 15 is 0 Å². The first-order valence-corrected chi connectivity index (χ1v) is 12.2. The van der Waals surface area contributed by atoms with Crippen LogP contribution in [-0.4, -0.2) is 45.8 Å². The number of aromatic nitrogens is 1. The van der Waals surface area contributed by atoms with E-state index in [0.717, 1.165) is 52.7 Å². The molecule has 2 aliphatic heterocycles. The molecule has 0 amide bonds. The number of rotatable bonds is 6. The molecule has 3 atom stereocenters. The monoisotopic (exact) mass is 472 g/mol. The number of phenols is 2. The van der Waals surface area contributed by atoms with E-state index in [4.69, 9.17) is 14.5 Å². The maximum atomic E-state index is 10.1. The number of phenolic OH excluding ortho intramolecular Hbond substituents is 2. The van der Waals surface area contributed by atoms with Gasteiger partial charge in [-0.1, -0.05) is 19.1 Å². The van der Waals surface area contributed by atoms with Gasteiger partial charge in [-0.3, -0.25) is 9.88 Å². The fraction of sp³-hybridized carbons (Fsp3) is 0.345. The average molecular weight is 473 g/mol. The Labute approximate surface area is 206 Å². The van der Waals surface area contributed by atoms with Gasteiger partial charge in [-0.2, -0.15) is 0 Å². The first kappa shape index (κ1) is 23.2. The summed E-state index contributed by atoms with van der Waals surface area (Å²) >= 11 is 0. The summed E-state index contributed by atoms with van der Waals surface area (Å²) in [7, 11) is 0. The lowest BCUT2D eigenvalue weighted by atomic mass is 9.87. The standard InChI is InChI=1S/C29H32N2O4/c1-18-11-12-31(16-18)19(2)17-34-24-8-9-26(30-15-24)29-28(21-5-4-6-22(32)13-21)20(3)25-14-23(33)7-10-27(25)35-29/h4-10,13-15,18-19,29,32-33H,11-12,16-17H2,1-3H3/t18-,19+,29?/m1/s1. The molecule has 1 fully saturated rings. The molecule has 0 aliphatic carbocycles. The molecule has 3 heterocycles. The van der Waals surface area contributed by atoms with Gasteiger partial charge in [0.2, 0.25) is 0 Å². The van der Waals surface area contributed by atoms with Gasteiger partial charge in [-0.15, -0.1) is 0 Å². The first-order chi connectivity index (χ1) is 16.9. The summed E-state index contributed by atoms with van der Waals surface area (Å²) in [5.74, 6) is 2.53. The van der Waals surface area contributed by atoms with Crippen molar-refractivity contribution in [3.8, 4) is 23.0 Å². The second kappa shape index (κ2) is 9.62. The van der Waals surface area contributed by atoms with Gasteiger partial charge in [-0.05, 0) is 86.3 Å². The first-order valence-electron chi connectivity index (χ1n) is 12.2. The molecule has 0 radical (unpaired) electrons. The predicted molar refractivity (Wildman–Crippen MR) is 137 cm³/mol. The fourth-order valence-electron chi connectivity index (χ4n) is 5.01. The van der Waals surface area contributed by atoms with Crippen LogP contribution in [0.5, 0.6) is 23.0 Å². The summed E-state index contributed by atoms with van der Waals surface area (Å²) in [4.78, 5) is 7.18. The van der Waals surface area contributed by atoms with Crippen LogP contribution in [0.3, 0.4) is 0 Å². The number of likely N-dealkylation sites (tertiary alicyclic amines) is 1. The highest BCUT2D eigenvalue weighted by Gasteiger charge is 2.31. The van der Waals surface area contributed by atoms with Crippen LogP contribution >= 0.6 is 0 Å². The Morgan fingerprint density at radius 2 is 1.94 bits per heavy atom. The van der Waals surface area contributed by atoms with Crippen molar-refractivity contribution in [1.82, 2.24) is 9.88 Å². The zero-order chi connectivity index (χ0) is 24.5. The molecule has 3 aromatic rings. The summed E-state index contributed by atoms with van der Waals surface area (Å²) in [5.41, 5.74) is 4.28. The second-order valence-electron chi connectivity index (χ2n) is 9.73. The number of nitrogens with zero attached hydrogens (tertiary/aromatic N) is 2. The van der Waals surface area contributed by atoms with Crippen molar-refractivity contribution in [2.75, 3.05) is 19.7 Å². The summed E-state index contributed by atoms with van der Waals surface area (Å²) in [5, 5.41) is 20.2. The number of aromatic hydroxyl groups is 2. The molecular weight excluding hydrogens is 440 g/mol. The molecule has 1 unspecified atom stereocenters. The topological polar surface area (TPSA) is 75.1 Å². The summed E-state index contributed by atoms with van der Waals surface area (Å²) in [6.45, 7) is 9.39. The number of ether oxygens (including phenoxy) is 2. The lowest BCUT2D eigenvalue weighted by molar-refractivity contribution is 0.168. The van der Waals surface area contributed by atoms with Crippen molar-refractivity contribution < 1.29 is 19.7 Å². The molecule has 2 aliphatic rings. The van der Waals surface area contributed by atoms with Crippen molar-refractivity contribution in [3.63, 3.8) is 0 Å². The molecule has 6 nitrogen and oxygen atoms in total. The van der Waals surface area contributed by atoms with Gasteiger partial charge in [-0.25, -0.2) is 0 Å². The van der Waals surface area contributed by atoms with Crippen LogP contribution < -0.4 is 9.47 Å². The zero-order valence-corrected chi connectivity index (χ0v) is 20.4. The minimum atomic E-state index is -0.465. The van der Waals surface area contributed by atoms with Gasteiger partial charge in [0, 0.05) is 23.7 Å². The van der Waals surface area contributed by atoms with Crippen molar-refractivity contribution in [2.45, 2.75) is 39.3 Å². The number of allylic oxidation sites excluding steroid dienone is 1. The number of hydrogen-bond acceptors (Lipinski definition) is 6. The molecule has 0 spiro atoms. The molecule has 0 bridgehead atoms. The van der Waals surface area contributed by atoms with Crippen molar-refractivity contribution in [2.24, 2.45) is 5.92 Å². The minimum Gasteiger partial charge on any atom is -0.508 e. The van der Waals surface area contributed by atoms with Gasteiger partial charge < -0.3 is 19.7 Å². The van der Waals surface area contributed by atoms with Crippen LogP contribution in [0.2, 0.25) is 0 Å². The normalized spacial score (nSPS) is 20.9. The number of pyridine rings is 1. The number of fused-ring (bicyclic) bond motifs is 1. The van der Waals surface area contributed by atoms with E-state index in [1.807, 2.05) is 31.2 Å². The van der Waals surface area contributed by atoms with Crippen molar-refractivity contribution in [3.05, 3.63) is 77.6 Å².